The normalized spacial score (nSPS) is 19.9. The van der Waals surface area contributed by atoms with Gasteiger partial charge in [0.1, 0.15) is 0 Å². The average molecular weight is 295 g/mol. The first-order valence-corrected chi connectivity index (χ1v) is 7.12. The molecule has 2 nitrogen and oxygen atoms in total. The second-order valence-corrected chi connectivity index (χ2v) is 6.07. The number of nitrogens with zero attached hydrogens (tertiary/aromatic N) is 1. The molecule has 1 aliphatic heterocycles. The Labute approximate surface area is 119 Å². The van der Waals surface area contributed by atoms with E-state index >= 15 is 0 Å². The molecule has 0 radical (unpaired) electrons. The molecule has 17 heavy (non-hydrogen) atoms. The SMILES string of the molecule is CC(N)C1CCN(Cc2sccc2Cl)CC1.Cl. The molecule has 2 N–H and O–H groups in total. The topological polar surface area (TPSA) is 29.3 Å². The Morgan fingerprint density at radius 3 is 2.65 bits per heavy atom. The van der Waals surface area contributed by atoms with Crippen LogP contribution < -0.4 is 5.73 Å². The summed E-state index contributed by atoms with van der Waals surface area (Å²) < 4.78 is 0. The quantitative estimate of drug-likeness (QED) is 0.926. The maximum absolute atomic E-state index is 6.10. The van der Waals surface area contributed by atoms with E-state index in [1.54, 1.807) is 11.3 Å². The molecule has 0 saturated carbocycles. The molecule has 1 fully saturated rings. The van der Waals surface area contributed by atoms with E-state index in [1.165, 1.54) is 17.7 Å². The largest absolute Gasteiger partial charge is 0.328 e. The van der Waals surface area contributed by atoms with E-state index < -0.39 is 0 Å². The van der Waals surface area contributed by atoms with Gasteiger partial charge in [0, 0.05) is 17.5 Å². The maximum Gasteiger partial charge on any atom is 0.0558 e. The molecule has 2 rings (SSSR count). The molecule has 1 saturated heterocycles. The van der Waals surface area contributed by atoms with E-state index in [0.717, 1.165) is 24.7 Å². The number of rotatable bonds is 3. The Balaban J connectivity index is 0.00000144. The number of piperidine rings is 1. The number of thiophene rings is 1. The zero-order chi connectivity index (χ0) is 11.5. The molecular weight excluding hydrogens is 275 g/mol. The van der Waals surface area contributed by atoms with Crippen molar-refractivity contribution in [3.63, 3.8) is 0 Å². The van der Waals surface area contributed by atoms with Crippen molar-refractivity contribution in [1.29, 1.82) is 0 Å². The predicted molar refractivity (Wildman–Crippen MR) is 78.2 cm³/mol. The van der Waals surface area contributed by atoms with Crippen molar-refractivity contribution >= 4 is 35.3 Å². The molecule has 1 aromatic rings. The van der Waals surface area contributed by atoms with E-state index in [1.807, 2.05) is 6.07 Å². The van der Waals surface area contributed by atoms with Crippen LogP contribution in [0.4, 0.5) is 0 Å². The number of hydrogen-bond donors (Lipinski definition) is 1. The van der Waals surface area contributed by atoms with Crippen LogP contribution >= 0.6 is 35.3 Å². The van der Waals surface area contributed by atoms with E-state index in [-0.39, 0.29) is 12.4 Å². The van der Waals surface area contributed by atoms with Gasteiger partial charge < -0.3 is 5.73 Å². The Kier molecular flexibility index (Phi) is 6.24. The van der Waals surface area contributed by atoms with Crippen molar-refractivity contribution in [2.75, 3.05) is 13.1 Å². The third-order valence-electron chi connectivity index (χ3n) is 3.43. The third-order valence-corrected chi connectivity index (χ3v) is 4.81. The van der Waals surface area contributed by atoms with Gasteiger partial charge in [0.25, 0.3) is 0 Å². The lowest BCUT2D eigenvalue weighted by molar-refractivity contribution is 0.167. The summed E-state index contributed by atoms with van der Waals surface area (Å²) in [4.78, 5) is 3.78. The van der Waals surface area contributed by atoms with Crippen LogP contribution in [0.3, 0.4) is 0 Å². The summed E-state index contributed by atoms with van der Waals surface area (Å²) in [7, 11) is 0. The summed E-state index contributed by atoms with van der Waals surface area (Å²) in [5, 5.41) is 2.98. The molecule has 0 aromatic carbocycles. The fourth-order valence-electron chi connectivity index (χ4n) is 2.28. The highest BCUT2D eigenvalue weighted by Gasteiger charge is 2.22. The highest BCUT2D eigenvalue weighted by atomic mass is 35.5. The van der Waals surface area contributed by atoms with Crippen LogP contribution in [0.15, 0.2) is 11.4 Å². The molecule has 1 unspecified atom stereocenters. The van der Waals surface area contributed by atoms with Crippen molar-refractivity contribution in [2.45, 2.75) is 32.4 Å². The minimum Gasteiger partial charge on any atom is -0.328 e. The van der Waals surface area contributed by atoms with E-state index in [4.69, 9.17) is 17.3 Å². The van der Waals surface area contributed by atoms with Gasteiger partial charge in [-0.25, -0.2) is 0 Å². The monoisotopic (exact) mass is 294 g/mol. The maximum atomic E-state index is 6.10. The van der Waals surface area contributed by atoms with Crippen molar-refractivity contribution in [2.24, 2.45) is 11.7 Å². The molecular formula is C12H20Cl2N2S. The van der Waals surface area contributed by atoms with Gasteiger partial charge in [-0.3, -0.25) is 4.90 Å². The van der Waals surface area contributed by atoms with Gasteiger partial charge in [-0.15, -0.1) is 23.7 Å². The van der Waals surface area contributed by atoms with Gasteiger partial charge in [-0.1, -0.05) is 11.6 Å². The lowest BCUT2D eigenvalue weighted by Crippen LogP contribution is -2.39. The lowest BCUT2D eigenvalue weighted by atomic mass is 9.91. The van der Waals surface area contributed by atoms with E-state index in [9.17, 15) is 0 Å². The minimum absolute atomic E-state index is 0. The molecule has 1 aliphatic rings. The van der Waals surface area contributed by atoms with Crippen LogP contribution in [-0.2, 0) is 6.54 Å². The van der Waals surface area contributed by atoms with Crippen LogP contribution in [0.1, 0.15) is 24.6 Å². The summed E-state index contributed by atoms with van der Waals surface area (Å²) in [6.07, 6.45) is 2.45. The van der Waals surface area contributed by atoms with Gasteiger partial charge in [-0.2, -0.15) is 0 Å². The van der Waals surface area contributed by atoms with Gasteiger partial charge in [0.15, 0.2) is 0 Å². The van der Waals surface area contributed by atoms with Crippen molar-refractivity contribution in [3.8, 4) is 0 Å². The van der Waals surface area contributed by atoms with Crippen molar-refractivity contribution in [3.05, 3.63) is 21.3 Å². The van der Waals surface area contributed by atoms with Crippen molar-refractivity contribution in [1.82, 2.24) is 4.90 Å². The fraction of sp³-hybridized carbons (Fsp3) is 0.667. The predicted octanol–water partition coefficient (Wildman–Crippen LogP) is 3.38. The molecule has 98 valence electrons. The Morgan fingerprint density at radius 1 is 1.53 bits per heavy atom. The Hall–Kier alpha value is 0.200. The second kappa shape index (κ2) is 6.95. The summed E-state index contributed by atoms with van der Waals surface area (Å²) >= 11 is 7.85. The van der Waals surface area contributed by atoms with Gasteiger partial charge in [0.2, 0.25) is 0 Å². The first-order valence-electron chi connectivity index (χ1n) is 5.86. The number of nitrogens with two attached hydrogens (primary N) is 1. The van der Waals surface area contributed by atoms with Crippen LogP contribution in [0.25, 0.3) is 0 Å². The molecule has 5 heteroatoms. The molecule has 0 bridgehead atoms. The highest BCUT2D eigenvalue weighted by Crippen LogP contribution is 2.26. The summed E-state index contributed by atoms with van der Waals surface area (Å²) in [6, 6.07) is 2.32. The zero-order valence-electron chi connectivity index (χ0n) is 10.1. The molecule has 0 amide bonds. The van der Waals surface area contributed by atoms with Gasteiger partial charge in [-0.05, 0) is 50.2 Å². The minimum atomic E-state index is 0. The van der Waals surface area contributed by atoms with E-state index in [2.05, 4.69) is 17.2 Å². The molecule has 1 aromatic heterocycles. The van der Waals surface area contributed by atoms with Crippen LogP contribution in [-0.4, -0.2) is 24.0 Å². The second-order valence-electron chi connectivity index (χ2n) is 4.66. The number of halogens is 2. The Morgan fingerprint density at radius 2 is 2.18 bits per heavy atom. The summed E-state index contributed by atoms with van der Waals surface area (Å²) in [5.74, 6) is 0.704. The zero-order valence-corrected chi connectivity index (χ0v) is 12.5. The standard InChI is InChI=1S/C12H19ClN2S.ClH/c1-9(14)10-2-5-15(6-3-10)8-12-11(13)4-7-16-12;/h4,7,9-10H,2-3,5-6,8,14H2,1H3;1H. The van der Waals surface area contributed by atoms with Crippen LogP contribution in [0, 0.1) is 5.92 Å². The third kappa shape index (κ3) is 4.11. The van der Waals surface area contributed by atoms with Crippen molar-refractivity contribution < 1.29 is 0 Å². The average Bonchev–Trinajstić information content (AvgIpc) is 2.65. The lowest BCUT2D eigenvalue weighted by Gasteiger charge is -2.33. The Bertz CT molecular complexity index is 333. The molecule has 0 aliphatic carbocycles. The first-order chi connectivity index (χ1) is 7.66. The smallest absolute Gasteiger partial charge is 0.0558 e. The summed E-state index contributed by atoms with van der Waals surface area (Å²) in [5.41, 5.74) is 5.94. The fourth-order valence-corrected chi connectivity index (χ4v) is 3.42. The molecule has 0 spiro atoms. The van der Waals surface area contributed by atoms with Crippen LogP contribution in [0.5, 0.6) is 0 Å². The van der Waals surface area contributed by atoms with Gasteiger partial charge in [0.05, 0.1) is 5.02 Å². The van der Waals surface area contributed by atoms with E-state index in [0.29, 0.717) is 12.0 Å². The molecule has 1 atom stereocenters. The van der Waals surface area contributed by atoms with Gasteiger partial charge >= 0.3 is 0 Å². The number of likely N-dealkylation sites (tertiary alicyclic amines) is 1. The number of hydrogen-bond acceptors (Lipinski definition) is 3. The van der Waals surface area contributed by atoms with Crippen LogP contribution in [0.2, 0.25) is 5.02 Å². The first kappa shape index (κ1) is 15.3. The summed E-state index contributed by atoms with van der Waals surface area (Å²) in [6.45, 7) is 5.43. The highest BCUT2D eigenvalue weighted by molar-refractivity contribution is 7.10. The molecule has 2 heterocycles.